The molecule has 0 aromatic heterocycles. The molecule has 0 bridgehead atoms. The lowest BCUT2D eigenvalue weighted by Gasteiger charge is -2.29. The number of likely N-dealkylation sites (tertiary alicyclic amines) is 1. The van der Waals surface area contributed by atoms with Gasteiger partial charge in [0.1, 0.15) is 0 Å². The summed E-state index contributed by atoms with van der Waals surface area (Å²) in [5.74, 6) is -1.29. The third-order valence-electron chi connectivity index (χ3n) is 3.99. The molecule has 0 atom stereocenters. The summed E-state index contributed by atoms with van der Waals surface area (Å²) in [6.07, 6.45) is 1.25. The molecule has 132 valence electrons. The largest absolute Gasteiger partial charge is 0.465 e. The molecule has 1 heterocycles. The van der Waals surface area contributed by atoms with E-state index < -0.39 is 11.9 Å². The molecule has 0 radical (unpaired) electrons. The molecule has 0 unspecified atom stereocenters. The molecule has 1 aromatic carbocycles. The number of piperidine rings is 1. The molecule has 2 rings (SSSR count). The molecule has 0 aliphatic carbocycles. The number of amides is 2. The summed E-state index contributed by atoms with van der Waals surface area (Å²) >= 11 is 0. The number of benzene rings is 1. The standard InChI is InChI=1S/C17H19N3O5/c1-24-15(21)12-7-13(16(22)25-2)9-14(8-12)19-17(23)20-5-3-11(10-18)4-6-20/h7-9,11H,3-6H2,1-2H3,(H,19,23). The predicted octanol–water partition coefficient (Wildman–Crippen LogP) is 2.03. The lowest BCUT2D eigenvalue weighted by molar-refractivity contribution is 0.0599. The Balaban J connectivity index is 2.17. The van der Waals surface area contributed by atoms with Crippen molar-refractivity contribution in [1.82, 2.24) is 4.90 Å². The summed E-state index contributed by atoms with van der Waals surface area (Å²) in [6.45, 7) is 0.954. The number of nitrogens with zero attached hydrogens (tertiary/aromatic N) is 2. The van der Waals surface area contributed by atoms with E-state index in [0.29, 0.717) is 25.9 Å². The van der Waals surface area contributed by atoms with Gasteiger partial charge in [-0.05, 0) is 31.0 Å². The Morgan fingerprint density at radius 2 is 1.60 bits per heavy atom. The van der Waals surface area contributed by atoms with Crippen LogP contribution >= 0.6 is 0 Å². The number of carbonyl (C=O) groups excluding carboxylic acids is 3. The number of urea groups is 1. The van der Waals surface area contributed by atoms with Crippen LogP contribution in [0.1, 0.15) is 33.6 Å². The summed E-state index contributed by atoms with van der Waals surface area (Å²) in [4.78, 5) is 37.5. The minimum atomic E-state index is -0.629. The predicted molar refractivity (Wildman–Crippen MR) is 88.0 cm³/mol. The van der Waals surface area contributed by atoms with Crippen molar-refractivity contribution in [2.24, 2.45) is 5.92 Å². The highest BCUT2D eigenvalue weighted by molar-refractivity contribution is 5.99. The highest BCUT2D eigenvalue weighted by atomic mass is 16.5. The van der Waals surface area contributed by atoms with Gasteiger partial charge in [0.2, 0.25) is 0 Å². The molecule has 8 nitrogen and oxygen atoms in total. The van der Waals surface area contributed by atoms with Crippen LogP contribution in [-0.2, 0) is 9.47 Å². The number of hydrogen-bond acceptors (Lipinski definition) is 6. The summed E-state index contributed by atoms with van der Waals surface area (Å²) in [5.41, 5.74) is 0.545. The van der Waals surface area contributed by atoms with Crippen molar-refractivity contribution in [1.29, 1.82) is 5.26 Å². The van der Waals surface area contributed by atoms with E-state index in [1.54, 1.807) is 4.90 Å². The van der Waals surface area contributed by atoms with Crippen molar-refractivity contribution in [2.45, 2.75) is 12.8 Å². The van der Waals surface area contributed by atoms with Crippen molar-refractivity contribution in [3.63, 3.8) is 0 Å². The molecule has 0 spiro atoms. The number of anilines is 1. The van der Waals surface area contributed by atoms with Crippen molar-refractivity contribution in [3.05, 3.63) is 29.3 Å². The molecular formula is C17H19N3O5. The number of carbonyl (C=O) groups is 3. The Hall–Kier alpha value is -3.08. The fourth-order valence-electron chi connectivity index (χ4n) is 2.59. The van der Waals surface area contributed by atoms with Crippen LogP contribution in [-0.4, -0.2) is 50.2 Å². The quantitative estimate of drug-likeness (QED) is 0.840. The number of hydrogen-bond donors (Lipinski definition) is 1. The summed E-state index contributed by atoms with van der Waals surface area (Å²) < 4.78 is 9.32. The van der Waals surface area contributed by atoms with Crippen LogP contribution in [0.3, 0.4) is 0 Å². The van der Waals surface area contributed by atoms with E-state index >= 15 is 0 Å². The van der Waals surface area contributed by atoms with E-state index in [0.717, 1.165) is 0 Å². The molecule has 1 N–H and O–H groups in total. The number of ether oxygens (including phenoxy) is 2. The Morgan fingerprint density at radius 3 is 2.04 bits per heavy atom. The number of methoxy groups -OCH3 is 2. The zero-order chi connectivity index (χ0) is 18.4. The average molecular weight is 345 g/mol. The third kappa shape index (κ3) is 4.47. The van der Waals surface area contributed by atoms with Crippen LogP contribution in [0, 0.1) is 17.2 Å². The van der Waals surface area contributed by atoms with E-state index in [1.165, 1.54) is 32.4 Å². The molecule has 2 amide bonds. The van der Waals surface area contributed by atoms with E-state index in [4.69, 9.17) is 5.26 Å². The fourth-order valence-corrected chi connectivity index (χ4v) is 2.59. The first kappa shape index (κ1) is 18.3. The lowest BCUT2D eigenvalue weighted by Crippen LogP contribution is -2.40. The van der Waals surface area contributed by atoms with E-state index in [9.17, 15) is 14.4 Å². The summed E-state index contributed by atoms with van der Waals surface area (Å²) in [5, 5.41) is 11.6. The molecule has 25 heavy (non-hydrogen) atoms. The zero-order valence-electron chi connectivity index (χ0n) is 14.1. The van der Waals surface area contributed by atoms with E-state index in [1.807, 2.05) is 0 Å². The lowest BCUT2D eigenvalue weighted by atomic mass is 9.99. The van der Waals surface area contributed by atoms with Gasteiger partial charge >= 0.3 is 18.0 Å². The molecule has 1 saturated heterocycles. The Morgan fingerprint density at radius 1 is 1.08 bits per heavy atom. The molecule has 8 heteroatoms. The minimum Gasteiger partial charge on any atom is -0.465 e. The maximum absolute atomic E-state index is 12.4. The van der Waals surface area contributed by atoms with Gasteiger partial charge in [-0.3, -0.25) is 0 Å². The van der Waals surface area contributed by atoms with Crippen LogP contribution in [0.5, 0.6) is 0 Å². The first-order chi connectivity index (χ1) is 12.0. The Labute approximate surface area is 145 Å². The van der Waals surface area contributed by atoms with Crippen LogP contribution in [0.4, 0.5) is 10.5 Å². The van der Waals surface area contributed by atoms with Crippen LogP contribution in [0.25, 0.3) is 0 Å². The van der Waals surface area contributed by atoms with Gasteiger partial charge < -0.3 is 19.7 Å². The highest BCUT2D eigenvalue weighted by Crippen LogP contribution is 2.20. The normalized spacial score (nSPS) is 14.4. The number of rotatable bonds is 3. The molecule has 0 saturated carbocycles. The van der Waals surface area contributed by atoms with Crippen molar-refractivity contribution < 1.29 is 23.9 Å². The molecule has 1 aromatic rings. The van der Waals surface area contributed by atoms with Gasteiger partial charge in [-0.15, -0.1) is 0 Å². The number of nitriles is 1. The molecule has 1 fully saturated rings. The molecule has 1 aliphatic rings. The monoisotopic (exact) mass is 345 g/mol. The molecular weight excluding hydrogens is 326 g/mol. The van der Waals surface area contributed by atoms with Gasteiger partial charge in [-0.2, -0.15) is 5.26 Å². The average Bonchev–Trinajstić information content (AvgIpc) is 2.66. The van der Waals surface area contributed by atoms with Crippen LogP contribution < -0.4 is 5.32 Å². The van der Waals surface area contributed by atoms with Crippen LogP contribution in [0.2, 0.25) is 0 Å². The first-order valence-corrected chi connectivity index (χ1v) is 7.75. The fraction of sp³-hybridized carbons (Fsp3) is 0.412. The van der Waals surface area contributed by atoms with E-state index in [-0.39, 0.29) is 28.8 Å². The minimum absolute atomic E-state index is 0.0300. The van der Waals surface area contributed by atoms with Crippen molar-refractivity contribution in [2.75, 3.05) is 32.6 Å². The molecule has 1 aliphatic heterocycles. The SMILES string of the molecule is COC(=O)c1cc(NC(=O)N2CCC(C#N)CC2)cc(C(=O)OC)c1. The van der Waals surface area contributed by atoms with Gasteiger partial charge in [0.05, 0.1) is 31.4 Å². The van der Waals surface area contributed by atoms with Gasteiger partial charge in [0.15, 0.2) is 0 Å². The van der Waals surface area contributed by atoms with Crippen molar-refractivity contribution >= 4 is 23.7 Å². The number of nitrogens with one attached hydrogen (secondary N) is 1. The second-order valence-corrected chi connectivity index (χ2v) is 5.60. The second-order valence-electron chi connectivity index (χ2n) is 5.60. The smallest absolute Gasteiger partial charge is 0.337 e. The highest BCUT2D eigenvalue weighted by Gasteiger charge is 2.23. The second kappa shape index (κ2) is 8.15. The van der Waals surface area contributed by atoms with Gasteiger partial charge in [0, 0.05) is 24.7 Å². The van der Waals surface area contributed by atoms with E-state index in [2.05, 4.69) is 20.9 Å². The first-order valence-electron chi connectivity index (χ1n) is 7.75. The topological polar surface area (TPSA) is 109 Å². The summed E-state index contributed by atoms with van der Waals surface area (Å²) in [6, 6.07) is 6.05. The third-order valence-corrected chi connectivity index (χ3v) is 3.99. The zero-order valence-corrected chi connectivity index (χ0v) is 14.1. The maximum atomic E-state index is 12.4. The van der Waals surface area contributed by atoms with Gasteiger partial charge in [-0.25, -0.2) is 14.4 Å². The number of esters is 2. The Kier molecular flexibility index (Phi) is 5.95. The van der Waals surface area contributed by atoms with Gasteiger partial charge in [-0.1, -0.05) is 0 Å². The van der Waals surface area contributed by atoms with Crippen molar-refractivity contribution in [3.8, 4) is 6.07 Å². The maximum Gasteiger partial charge on any atom is 0.337 e. The Bertz CT molecular complexity index is 683. The summed E-state index contributed by atoms with van der Waals surface area (Å²) in [7, 11) is 2.45. The van der Waals surface area contributed by atoms with Crippen LogP contribution in [0.15, 0.2) is 18.2 Å². The van der Waals surface area contributed by atoms with Gasteiger partial charge in [0.25, 0.3) is 0 Å².